The van der Waals surface area contributed by atoms with Crippen molar-refractivity contribution in [3.05, 3.63) is 0 Å². The number of terminal acetylenes is 1. The van der Waals surface area contributed by atoms with E-state index in [4.69, 9.17) is 6.42 Å². The molecule has 0 amide bonds. The van der Waals surface area contributed by atoms with Crippen molar-refractivity contribution >= 4 is 0 Å². The fourth-order valence-electron chi connectivity index (χ4n) is 4.36. The Morgan fingerprint density at radius 1 is 1.36 bits per heavy atom. The van der Waals surface area contributed by atoms with Crippen molar-refractivity contribution in [2.75, 3.05) is 6.54 Å². The molecule has 0 spiro atoms. The van der Waals surface area contributed by atoms with E-state index >= 15 is 0 Å². The van der Waals surface area contributed by atoms with Crippen molar-refractivity contribution < 1.29 is 0 Å². The third kappa shape index (κ3) is 1.01. The largest absolute Gasteiger partial charge is 0.304 e. The number of hydrogen-bond donors (Lipinski definition) is 1. The molecule has 0 radical (unpaired) electrons. The fourth-order valence-corrected chi connectivity index (χ4v) is 4.36. The zero-order chi connectivity index (χ0) is 9.71. The maximum Gasteiger partial charge on any atom is 0.0721 e. The second-order valence-electron chi connectivity index (χ2n) is 5.27. The molecule has 3 rings (SSSR count). The fraction of sp³-hybridized carbons (Fsp3) is 0.846. The molecule has 76 valence electrons. The first-order chi connectivity index (χ1) is 6.86. The van der Waals surface area contributed by atoms with Crippen LogP contribution < -0.4 is 5.32 Å². The number of fused-ring (bicyclic) bond motifs is 5. The number of hydrogen-bond acceptors (Lipinski definition) is 1. The van der Waals surface area contributed by atoms with Crippen molar-refractivity contribution in [1.29, 1.82) is 0 Å². The average molecular weight is 189 g/mol. The van der Waals surface area contributed by atoms with E-state index in [0.717, 1.165) is 36.1 Å². The van der Waals surface area contributed by atoms with E-state index in [-0.39, 0.29) is 0 Å². The smallest absolute Gasteiger partial charge is 0.0721 e. The zero-order valence-corrected chi connectivity index (χ0v) is 8.87. The number of rotatable bonds is 3. The Hall–Kier alpha value is -0.480. The molecule has 14 heavy (non-hydrogen) atoms. The second-order valence-corrected chi connectivity index (χ2v) is 5.27. The van der Waals surface area contributed by atoms with E-state index in [2.05, 4.69) is 18.2 Å². The summed E-state index contributed by atoms with van der Waals surface area (Å²) in [5, 5.41) is 3.46. The highest BCUT2D eigenvalue weighted by molar-refractivity contribution is 5.21. The Morgan fingerprint density at radius 3 is 2.50 bits per heavy atom. The Balaban J connectivity index is 1.70. The molecule has 0 saturated heterocycles. The minimum atomic E-state index is 0.374. The summed E-state index contributed by atoms with van der Waals surface area (Å²) in [4.78, 5) is 0. The molecule has 0 aliphatic heterocycles. The van der Waals surface area contributed by atoms with Gasteiger partial charge in [-0.3, -0.25) is 0 Å². The van der Waals surface area contributed by atoms with Gasteiger partial charge in [-0.25, -0.2) is 0 Å². The lowest BCUT2D eigenvalue weighted by atomic mass is 9.98. The topological polar surface area (TPSA) is 12.0 Å². The van der Waals surface area contributed by atoms with Crippen LogP contribution in [0.3, 0.4) is 0 Å². The molecule has 3 saturated carbocycles. The third-order valence-electron chi connectivity index (χ3n) is 4.78. The van der Waals surface area contributed by atoms with E-state index in [1.165, 1.54) is 19.3 Å². The predicted octanol–water partition coefficient (Wildman–Crippen LogP) is 1.89. The molecule has 3 aliphatic carbocycles. The van der Waals surface area contributed by atoms with Crippen LogP contribution in [0, 0.1) is 41.9 Å². The summed E-state index contributed by atoms with van der Waals surface area (Å²) in [6.45, 7) is 3.16. The van der Waals surface area contributed by atoms with E-state index in [1.54, 1.807) is 0 Å². The summed E-state index contributed by atoms with van der Waals surface area (Å²) < 4.78 is 0. The minimum absolute atomic E-state index is 0.374. The lowest BCUT2D eigenvalue weighted by Gasteiger charge is -2.15. The SMILES string of the molecule is C#CC(NCC)C1C2C3CCC(C3)C21. The van der Waals surface area contributed by atoms with Gasteiger partial charge in [-0.15, -0.1) is 6.42 Å². The summed E-state index contributed by atoms with van der Waals surface area (Å²) in [5.74, 6) is 7.90. The maximum absolute atomic E-state index is 5.60. The van der Waals surface area contributed by atoms with Gasteiger partial charge in [-0.05, 0) is 55.4 Å². The van der Waals surface area contributed by atoms with Crippen LogP contribution >= 0.6 is 0 Å². The van der Waals surface area contributed by atoms with Crippen LogP contribution in [-0.2, 0) is 0 Å². The van der Waals surface area contributed by atoms with Gasteiger partial charge in [-0.1, -0.05) is 12.8 Å². The highest BCUT2D eigenvalue weighted by Gasteiger charge is 2.66. The molecule has 1 heteroatoms. The van der Waals surface area contributed by atoms with Gasteiger partial charge in [-0.2, -0.15) is 0 Å². The van der Waals surface area contributed by atoms with Crippen molar-refractivity contribution in [3.63, 3.8) is 0 Å². The Morgan fingerprint density at radius 2 is 2.00 bits per heavy atom. The van der Waals surface area contributed by atoms with Gasteiger partial charge in [0.25, 0.3) is 0 Å². The van der Waals surface area contributed by atoms with Crippen LogP contribution in [0.4, 0.5) is 0 Å². The highest BCUT2D eigenvalue weighted by Crippen LogP contribution is 2.70. The van der Waals surface area contributed by atoms with Crippen molar-refractivity contribution in [2.24, 2.45) is 29.6 Å². The minimum Gasteiger partial charge on any atom is -0.304 e. The van der Waals surface area contributed by atoms with Crippen LogP contribution in [0.2, 0.25) is 0 Å². The molecular weight excluding hydrogens is 170 g/mol. The molecule has 5 atom stereocenters. The summed E-state index contributed by atoms with van der Waals surface area (Å²) >= 11 is 0. The zero-order valence-electron chi connectivity index (χ0n) is 8.87. The summed E-state index contributed by atoms with van der Waals surface area (Å²) in [7, 11) is 0. The quantitative estimate of drug-likeness (QED) is 0.669. The molecule has 0 aromatic heterocycles. The van der Waals surface area contributed by atoms with Crippen molar-refractivity contribution in [1.82, 2.24) is 5.32 Å². The van der Waals surface area contributed by atoms with Crippen LogP contribution in [0.15, 0.2) is 0 Å². The summed E-state index contributed by atoms with van der Waals surface area (Å²) in [6, 6.07) is 0.374. The molecule has 5 unspecified atom stereocenters. The first-order valence-electron chi connectivity index (χ1n) is 6.06. The van der Waals surface area contributed by atoms with Crippen LogP contribution in [0.25, 0.3) is 0 Å². The van der Waals surface area contributed by atoms with E-state index < -0.39 is 0 Å². The average Bonchev–Trinajstić information content (AvgIpc) is 2.65. The second kappa shape index (κ2) is 3.00. The lowest BCUT2D eigenvalue weighted by molar-refractivity contribution is 0.412. The third-order valence-corrected chi connectivity index (χ3v) is 4.78. The van der Waals surface area contributed by atoms with E-state index in [1.807, 2.05) is 0 Å². The molecular formula is C13H19N. The Labute approximate surface area is 86.7 Å². The molecule has 3 fully saturated rings. The van der Waals surface area contributed by atoms with Gasteiger partial charge in [0.1, 0.15) is 0 Å². The van der Waals surface area contributed by atoms with Crippen LogP contribution in [-0.4, -0.2) is 12.6 Å². The predicted molar refractivity (Wildman–Crippen MR) is 57.6 cm³/mol. The molecule has 1 N–H and O–H groups in total. The van der Waals surface area contributed by atoms with Gasteiger partial charge < -0.3 is 5.32 Å². The van der Waals surface area contributed by atoms with Crippen LogP contribution in [0.1, 0.15) is 26.2 Å². The van der Waals surface area contributed by atoms with Gasteiger partial charge in [0.15, 0.2) is 0 Å². The molecule has 0 aromatic carbocycles. The Kier molecular flexibility index (Phi) is 1.89. The monoisotopic (exact) mass is 189 g/mol. The molecule has 1 nitrogen and oxygen atoms in total. The highest BCUT2D eigenvalue weighted by atomic mass is 14.9. The summed E-state index contributed by atoms with van der Waals surface area (Å²) in [5.41, 5.74) is 0. The molecule has 0 heterocycles. The van der Waals surface area contributed by atoms with Crippen LogP contribution in [0.5, 0.6) is 0 Å². The van der Waals surface area contributed by atoms with E-state index in [9.17, 15) is 0 Å². The normalized spacial score (nSPS) is 49.9. The molecule has 2 bridgehead atoms. The first kappa shape index (κ1) is 8.80. The Bertz CT molecular complexity index is 261. The van der Waals surface area contributed by atoms with Crippen molar-refractivity contribution in [2.45, 2.75) is 32.2 Å². The van der Waals surface area contributed by atoms with E-state index in [0.29, 0.717) is 6.04 Å². The maximum atomic E-state index is 5.60. The molecule has 3 aliphatic rings. The van der Waals surface area contributed by atoms with Gasteiger partial charge in [0.2, 0.25) is 0 Å². The number of nitrogens with one attached hydrogen (secondary N) is 1. The molecule has 0 aromatic rings. The summed E-state index contributed by atoms with van der Waals surface area (Å²) in [6.07, 6.45) is 10.1. The van der Waals surface area contributed by atoms with Crippen molar-refractivity contribution in [3.8, 4) is 12.3 Å². The van der Waals surface area contributed by atoms with Gasteiger partial charge >= 0.3 is 0 Å². The van der Waals surface area contributed by atoms with Gasteiger partial charge in [0, 0.05) is 0 Å². The first-order valence-corrected chi connectivity index (χ1v) is 6.06. The standard InChI is InChI=1S/C13H19N/c1-3-10(14-4-2)13-11-8-5-6-9(7-8)12(11)13/h1,8-14H,4-7H2,2H3. The van der Waals surface area contributed by atoms with Gasteiger partial charge in [0.05, 0.1) is 6.04 Å². The lowest BCUT2D eigenvalue weighted by Crippen LogP contribution is -2.31.